The summed E-state index contributed by atoms with van der Waals surface area (Å²) in [6.45, 7) is 9.85. The SMILES string of the molecule is C[Si](C)(CC[C@@H]1CC[C@H]2O[C@@H]2C1)O[Si](C)(C)CC[C@@H]1CC[C@H]2O[C@@H]2C1. The molecule has 25 heavy (non-hydrogen) atoms. The molecule has 0 radical (unpaired) electrons. The average Bonchev–Trinajstić information content (AvgIpc) is 3.42. The number of rotatable bonds is 8. The Balaban J connectivity index is 1.18. The Morgan fingerprint density at radius 2 is 1.12 bits per heavy atom. The van der Waals surface area contributed by atoms with Gasteiger partial charge >= 0.3 is 0 Å². The zero-order valence-electron chi connectivity index (χ0n) is 16.8. The molecule has 2 aliphatic heterocycles. The molecule has 0 spiro atoms. The number of ether oxygens (including phenoxy) is 2. The first-order chi connectivity index (χ1) is 11.8. The molecule has 0 N–H and O–H groups in total. The Morgan fingerprint density at radius 1 is 0.680 bits per heavy atom. The van der Waals surface area contributed by atoms with E-state index in [1.165, 1.54) is 63.5 Å². The first-order valence-electron chi connectivity index (χ1n) is 10.8. The van der Waals surface area contributed by atoms with Crippen molar-refractivity contribution in [3.8, 4) is 0 Å². The molecule has 6 atom stereocenters. The molecule has 0 unspecified atom stereocenters. The zero-order chi connectivity index (χ0) is 17.7. The van der Waals surface area contributed by atoms with E-state index in [4.69, 9.17) is 13.6 Å². The lowest BCUT2D eigenvalue weighted by atomic mass is 9.88. The molecule has 4 aliphatic rings. The van der Waals surface area contributed by atoms with Gasteiger partial charge in [0.25, 0.3) is 0 Å². The molecular formula is C20H38O3Si2. The topological polar surface area (TPSA) is 34.3 Å². The van der Waals surface area contributed by atoms with E-state index in [9.17, 15) is 0 Å². The van der Waals surface area contributed by atoms with E-state index in [-0.39, 0.29) is 0 Å². The van der Waals surface area contributed by atoms with Gasteiger partial charge in [0.05, 0.1) is 24.4 Å². The average molecular weight is 383 g/mol. The maximum atomic E-state index is 6.90. The summed E-state index contributed by atoms with van der Waals surface area (Å²) in [5.41, 5.74) is 0. The van der Waals surface area contributed by atoms with Crippen LogP contribution < -0.4 is 0 Å². The van der Waals surface area contributed by atoms with Gasteiger partial charge in [0, 0.05) is 0 Å². The van der Waals surface area contributed by atoms with Crippen LogP contribution in [0.2, 0.25) is 38.3 Å². The Labute approximate surface area is 156 Å². The van der Waals surface area contributed by atoms with E-state index in [1.807, 2.05) is 0 Å². The van der Waals surface area contributed by atoms with E-state index in [0.29, 0.717) is 24.4 Å². The lowest BCUT2D eigenvalue weighted by Gasteiger charge is -2.36. The fraction of sp³-hybridized carbons (Fsp3) is 1.00. The second kappa shape index (κ2) is 7.04. The molecule has 0 amide bonds. The molecule has 2 aliphatic carbocycles. The van der Waals surface area contributed by atoms with Crippen molar-refractivity contribution >= 4 is 16.6 Å². The van der Waals surface area contributed by atoms with Gasteiger partial charge in [0.1, 0.15) is 0 Å². The largest absolute Gasteiger partial charge is 0.455 e. The lowest BCUT2D eigenvalue weighted by Crippen LogP contribution is -2.44. The minimum Gasteiger partial charge on any atom is -0.455 e. The van der Waals surface area contributed by atoms with E-state index < -0.39 is 16.6 Å². The van der Waals surface area contributed by atoms with Crippen LogP contribution in [-0.2, 0) is 13.6 Å². The summed E-state index contributed by atoms with van der Waals surface area (Å²) in [5, 5.41) is 0. The molecule has 0 aromatic rings. The third-order valence-corrected chi connectivity index (χ3v) is 14.5. The van der Waals surface area contributed by atoms with Crippen LogP contribution in [0.1, 0.15) is 51.4 Å². The van der Waals surface area contributed by atoms with Crippen LogP contribution in [0.15, 0.2) is 0 Å². The van der Waals surface area contributed by atoms with Crippen LogP contribution in [0, 0.1) is 11.8 Å². The third-order valence-electron chi connectivity index (χ3n) is 7.09. The molecule has 4 fully saturated rings. The highest BCUT2D eigenvalue weighted by Crippen LogP contribution is 2.43. The van der Waals surface area contributed by atoms with Gasteiger partial charge in [0.2, 0.25) is 0 Å². The Kier molecular flexibility index (Phi) is 5.26. The number of epoxide rings is 2. The molecule has 3 nitrogen and oxygen atoms in total. The quantitative estimate of drug-likeness (QED) is 0.420. The predicted molar refractivity (Wildman–Crippen MR) is 107 cm³/mol. The fourth-order valence-electron chi connectivity index (χ4n) is 5.45. The minimum atomic E-state index is -1.53. The molecule has 2 saturated heterocycles. The van der Waals surface area contributed by atoms with Gasteiger partial charge in [-0.3, -0.25) is 0 Å². The van der Waals surface area contributed by atoms with Gasteiger partial charge < -0.3 is 13.6 Å². The maximum absolute atomic E-state index is 6.90. The smallest absolute Gasteiger partial charge is 0.173 e. The highest BCUT2D eigenvalue weighted by molar-refractivity contribution is 6.84. The first-order valence-corrected chi connectivity index (χ1v) is 17.0. The Hall–Kier alpha value is 0.314. The fourth-order valence-corrected chi connectivity index (χ4v) is 14.5. The van der Waals surface area contributed by atoms with Crippen molar-refractivity contribution in [2.45, 2.75) is 114 Å². The molecule has 2 heterocycles. The number of hydrogen-bond donors (Lipinski definition) is 0. The van der Waals surface area contributed by atoms with Crippen molar-refractivity contribution in [3.63, 3.8) is 0 Å². The molecule has 0 aromatic carbocycles. The van der Waals surface area contributed by atoms with Crippen LogP contribution in [0.25, 0.3) is 0 Å². The van der Waals surface area contributed by atoms with Crippen LogP contribution in [-0.4, -0.2) is 41.1 Å². The molecular weight excluding hydrogens is 344 g/mol. The maximum Gasteiger partial charge on any atom is 0.173 e. The molecule has 144 valence electrons. The summed E-state index contributed by atoms with van der Waals surface area (Å²) >= 11 is 0. The number of hydrogen-bond acceptors (Lipinski definition) is 3. The summed E-state index contributed by atoms with van der Waals surface area (Å²) in [6.07, 6.45) is 13.3. The van der Waals surface area contributed by atoms with Crippen molar-refractivity contribution in [3.05, 3.63) is 0 Å². The van der Waals surface area contributed by atoms with Gasteiger partial charge in [-0.1, -0.05) is 12.8 Å². The highest BCUT2D eigenvalue weighted by Gasteiger charge is 2.45. The van der Waals surface area contributed by atoms with Crippen LogP contribution in [0.4, 0.5) is 0 Å². The summed E-state index contributed by atoms with van der Waals surface area (Å²) in [6, 6.07) is 2.68. The second-order valence-electron chi connectivity index (χ2n) is 10.5. The standard InChI is InChI=1S/C20H38O3Si2/c1-24(2,11-9-15-5-7-17-19(13-15)21-17)23-25(3,4)12-10-16-6-8-18-20(14-16)22-18/h15-20H,5-14H2,1-4H3/t15-,16-,17+,18+,19+,20+/m0/s1. The molecule has 5 heteroatoms. The summed E-state index contributed by atoms with van der Waals surface area (Å²) in [5.74, 6) is 1.80. The molecule has 0 aromatic heterocycles. The molecule has 0 bridgehead atoms. The van der Waals surface area contributed by atoms with Gasteiger partial charge in [0.15, 0.2) is 16.6 Å². The van der Waals surface area contributed by atoms with Gasteiger partial charge in [-0.05, 0) is 88.6 Å². The highest BCUT2D eigenvalue weighted by atomic mass is 28.4. The van der Waals surface area contributed by atoms with E-state index in [2.05, 4.69) is 26.2 Å². The van der Waals surface area contributed by atoms with Gasteiger partial charge in [-0.15, -0.1) is 0 Å². The predicted octanol–water partition coefficient (Wildman–Crippen LogP) is 5.33. The van der Waals surface area contributed by atoms with E-state index >= 15 is 0 Å². The normalized spacial score (nSPS) is 40.3. The third kappa shape index (κ3) is 5.19. The van der Waals surface area contributed by atoms with Gasteiger partial charge in [-0.2, -0.15) is 0 Å². The zero-order valence-corrected chi connectivity index (χ0v) is 18.8. The van der Waals surface area contributed by atoms with Crippen molar-refractivity contribution in [1.82, 2.24) is 0 Å². The van der Waals surface area contributed by atoms with Crippen molar-refractivity contribution < 1.29 is 13.6 Å². The Morgan fingerprint density at radius 3 is 1.52 bits per heavy atom. The summed E-state index contributed by atoms with van der Waals surface area (Å²) in [7, 11) is -3.05. The van der Waals surface area contributed by atoms with Crippen molar-refractivity contribution in [2.24, 2.45) is 11.8 Å². The number of fused-ring (bicyclic) bond motifs is 2. The molecule has 2 saturated carbocycles. The Bertz CT molecular complexity index is 440. The van der Waals surface area contributed by atoms with Crippen LogP contribution in [0.3, 0.4) is 0 Å². The second-order valence-corrected chi connectivity index (χ2v) is 19.3. The van der Waals surface area contributed by atoms with E-state index in [0.717, 1.165) is 11.8 Å². The van der Waals surface area contributed by atoms with Crippen LogP contribution >= 0.6 is 0 Å². The monoisotopic (exact) mass is 382 g/mol. The first kappa shape index (κ1) is 18.7. The van der Waals surface area contributed by atoms with Crippen molar-refractivity contribution in [2.75, 3.05) is 0 Å². The van der Waals surface area contributed by atoms with E-state index in [1.54, 1.807) is 0 Å². The van der Waals surface area contributed by atoms with Gasteiger partial charge in [-0.25, -0.2) is 0 Å². The molecule has 4 rings (SSSR count). The lowest BCUT2D eigenvalue weighted by molar-refractivity contribution is 0.352. The summed E-state index contributed by atoms with van der Waals surface area (Å²) < 4.78 is 18.3. The van der Waals surface area contributed by atoms with Crippen molar-refractivity contribution in [1.29, 1.82) is 0 Å². The van der Waals surface area contributed by atoms with Crippen LogP contribution in [0.5, 0.6) is 0 Å². The summed E-state index contributed by atoms with van der Waals surface area (Å²) in [4.78, 5) is 0. The minimum absolute atomic E-state index is 0.626.